The molecule has 1 N–H and O–H groups in total. The summed E-state index contributed by atoms with van der Waals surface area (Å²) in [6.07, 6.45) is 1.89. The summed E-state index contributed by atoms with van der Waals surface area (Å²) >= 11 is 0. The molecule has 0 bridgehead atoms. The van der Waals surface area contributed by atoms with Crippen molar-refractivity contribution in [3.8, 4) is 0 Å². The second-order valence-electron chi connectivity index (χ2n) is 6.97. The van der Waals surface area contributed by atoms with E-state index in [4.69, 9.17) is 0 Å². The molecule has 7 nitrogen and oxygen atoms in total. The molecule has 3 rings (SSSR count). The molecule has 0 aliphatic carbocycles. The molecule has 25 heavy (non-hydrogen) atoms. The Kier molecular flexibility index (Phi) is 4.76. The number of aryl methyl sites for hydroxylation is 1. The number of benzene rings is 1. The molecule has 1 saturated heterocycles. The van der Waals surface area contributed by atoms with Crippen molar-refractivity contribution in [3.63, 3.8) is 0 Å². The van der Waals surface area contributed by atoms with Crippen LogP contribution in [0.1, 0.15) is 37.2 Å². The second kappa shape index (κ2) is 6.84. The van der Waals surface area contributed by atoms with Gasteiger partial charge in [0.05, 0.1) is 4.92 Å². The average Bonchev–Trinajstić information content (AvgIpc) is 2.91. The molecule has 1 aliphatic heterocycles. The number of hydrogen-bond acceptors (Lipinski definition) is 4. The zero-order valence-electron chi connectivity index (χ0n) is 14.9. The molecule has 0 saturated carbocycles. The SMILES string of the molecule is CC(C)N1CCC(NC(=O)c2cc3cc([N+](=O)[O-])ccc3n2C)CC1. The number of likely N-dealkylation sites (tertiary alicyclic amines) is 1. The summed E-state index contributed by atoms with van der Waals surface area (Å²) in [6, 6.07) is 7.09. The number of rotatable bonds is 4. The largest absolute Gasteiger partial charge is 0.348 e. The molecular weight excluding hydrogens is 320 g/mol. The molecule has 1 amide bonds. The fourth-order valence-corrected chi connectivity index (χ4v) is 3.49. The van der Waals surface area contributed by atoms with E-state index in [0.717, 1.165) is 31.4 Å². The van der Waals surface area contributed by atoms with Crippen molar-refractivity contribution >= 4 is 22.5 Å². The minimum atomic E-state index is -0.422. The lowest BCUT2D eigenvalue weighted by Crippen LogP contribution is -2.46. The molecule has 0 atom stereocenters. The van der Waals surface area contributed by atoms with Gasteiger partial charge in [-0.05, 0) is 38.8 Å². The predicted octanol–water partition coefficient (Wildman–Crippen LogP) is 2.69. The van der Waals surface area contributed by atoms with Crippen molar-refractivity contribution in [2.24, 2.45) is 7.05 Å². The van der Waals surface area contributed by atoms with Crippen LogP contribution in [0.2, 0.25) is 0 Å². The highest BCUT2D eigenvalue weighted by Gasteiger charge is 2.24. The van der Waals surface area contributed by atoms with E-state index in [1.165, 1.54) is 12.1 Å². The maximum Gasteiger partial charge on any atom is 0.270 e. The van der Waals surface area contributed by atoms with Gasteiger partial charge in [0.25, 0.3) is 11.6 Å². The van der Waals surface area contributed by atoms with Crippen molar-refractivity contribution in [2.75, 3.05) is 13.1 Å². The molecule has 1 aliphatic rings. The topological polar surface area (TPSA) is 80.4 Å². The Morgan fingerprint density at radius 3 is 2.56 bits per heavy atom. The van der Waals surface area contributed by atoms with Crippen LogP contribution in [0.5, 0.6) is 0 Å². The van der Waals surface area contributed by atoms with Crippen molar-refractivity contribution < 1.29 is 9.72 Å². The van der Waals surface area contributed by atoms with Crippen LogP contribution in [0.25, 0.3) is 10.9 Å². The monoisotopic (exact) mass is 344 g/mol. The van der Waals surface area contributed by atoms with Crippen LogP contribution in [-0.4, -0.2) is 45.5 Å². The minimum Gasteiger partial charge on any atom is -0.348 e. The highest BCUT2D eigenvalue weighted by atomic mass is 16.6. The van der Waals surface area contributed by atoms with Crippen LogP contribution < -0.4 is 5.32 Å². The number of hydrogen-bond donors (Lipinski definition) is 1. The number of fused-ring (bicyclic) bond motifs is 1. The minimum absolute atomic E-state index is 0.0334. The Balaban J connectivity index is 1.74. The van der Waals surface area contributed by atoms with Crippen molar-refractivity contribution in [2.45, 2.75) is 38.8 Å². The van der Waals surface area contributed by atoms with Gasteiger partial charge >= 0.3 is 0 Å². The molecule has 0 radical (unpaired) electrons. The van der Waals surface area contributed by atoms with Gasteiger partial charge in [-0.15, -0.1) is 0 Å². The normalized spacial score (nSPS) is 16.5. The first-order valence-electron chi connectivity index (χ1n) is 8.65. The van der Waals surface area contributed by atoms with Gasteiger partial charge < -0.3 is 14.8 Å². The summed E-state index contributed by atoms with van der Waals surface area (Å²) < 4.78 is 1.79. The number of carbonyl (C=O) groups excluding carboxylic acids is 1. The Morgan fingerprint density at radius 2 is 1.96 bits per heavy atom. The number of aromatic nitrogens is 1. The maximum absolute atomic E-state index is 12.7. The lowest BCUT2D eigenvalue weighted by atomic mass is 10.0. The molecule has 134 valence electrons. The highest BCUT2D eigenvalue weighted by Crippen LogP contribution is 2.24. The van der Waals surface area contributed by atoms with Gasteiger partial charge in [-0.3, -0.25) is 14.9 Å². The number of piperidine rings is 1. The predicted molar refractivity (Wildman–Crippen MR) is 96.8 cm³/mol. The summed E-state index contributed by atoms with van der Waals surface area (Å²) in [5.41, 5.74) is 1.37. The molecule has 0 unspecified atom stereocenters. The molecule has 1 aromatic carbocycles. The van der Waals surface area contributed by atoms with Gasteiger partial charge in [0.15, 0.2) is 0 Å². The Morgan fingerprint density at radius 1 is 1.28 bits per heavy atom. The summed E-state index contributed by atoms with van der Waals surface area (Å²) in [7, 11) is 1.81. The number of nitrogens with zero attached hydrogens (tertiary/aromatic N) is 3. The van der Waals surface area contributed by atoms with Crippen LogP contribution in [-0.2, 0) is 7.05 Å². The standard InChI is InChI=1S/C18H24N4O3/c1-12(2)21-8-6-14(7-9-21)19-18(23)17-11-13-10-15(22(24)25)4-5-16(13)20(17)3/h4-5,10-12,14H,6-9H2,1-3H3,(H,19,23). The Bertz CT molecular complexity index is 804. The number of nitro groups is 1. The van der Waals surface area contributed by atoms with E-state index in [1.807, 2.05) is 7.05 Å². The van der Waals surface area contributed by atoms with E-state index in [-0.39, 0.29) is 17.6 Å². The van der Waals surface area contributed by atoms with Gasteiger partial charge in [-0.25, -0.2) is 0 Å². The van der Waals surface area contributed by atoms with Crippen LogP contribution in [0.3, 0.4) is 0 Å². The smallest absolute Gasteiger partial charge is 0.270 e. The van der Waals surface area contributed by atoms with E-state index in [2.05, 4.69) is 24.1 Å². The third-order valence-corrected chi connectivity index (χ3v) is 5.06. The van der Waals surface area contributed by atoms with E-state index in [9.17, 15) is 14.9 Å². The first-order valence-corrected chi connectivity index (χ1v) is 8.65. The number of nitrogens with one attached hydrogen (secondary N) is 1. The number of nitro benzene ring substituents is 1. The summed E-state index contributed by atoms with van der Waals surface area (Å²) in [4.78, 5) is 25.6. The quantitative estimate of drug-likeness (QED) is 0.683. The van der Waals surface area contributed by atoms with Crippen LogP contribution in [0.15, 0.2) is 24.3 Å². The van der Waals surface area contributed by atoms with Crippen molar-refractivity contribution in [1.82, 2.24) is 14.8 Å². The molecule has 1 fully saturated rings. The summed E-state index contributed by atoms with van der Waals surface area (Å²) in [5, 5.41) is 14.7. The van der Waals surface area contributed by atoms with Gasteiger partial charge in [0.2, 0.25) is 0 Å². The average molecular weight is 344 g/mol. The lowest BCUT2D eigenvalue weighted by Gasteiger charge is -2.34. The molecule has 2 heterocycles. The van der Waals surface area contributed by atoms with Crippen LogP contribution in [0, 0.1) is 10.1 Å². The van der Waals surface area contributed by atoms with Gasteiger partial charge in [0.1, 0.15) is 5.69 Å². The number of carbonyl (C=O) groups is 1. The van der Waals surface area contributed by atoms with Crippen LogP contribution in [0.4, 0.5) is 5.69 Å². The Hall–Kier alpha value is -2.41. The van der Waals surface area contributed by atoms with Gasteiger partial charge in [0, 0.05) is 55.3 Å². The van der Waals surface area contributed by atoms with E-state index < -0.39 is 4.92 Å². The summed E-state index contributed by atoms with van der Waals surface area (Å²) in [6.45, 7) is 6.36. The fraction of sp³-hybridized carbons (Fsp3) is 0.500. The van der Waals surface area contributed by atoms with E-state index >= 15 is 0 Å². The molecule has 1 aromatic heterocycles. The lowest BCUT2D eigenvalue weighted by molar-refractivity contribution is -0.384. The van der Waals surface area contributed by atoms with Crippen molar-refractivity contribution in [1.29, 1.82) is 0 Å². The van der Waals surface area contributed by atoms with E-state index in [0.29, 0.717) is 17.1 Å². The van der Waals surface area contributed by atoms with E-state index in [1.54, 1.807) is 16.7 Å². The second-order valence-corrected chi connectivity index (χ2v) is 6.97. The maximum atomic E-state index is 12.7. The zero-order chi connectivity index (χ0) is 18.1. The zero-order valence-corrected chi connectivity index (χ0v) is 14.9. The molecular formula is C18H24N4O3. The highest BCUT2D eigenvalue weighted by molar-refractivity contribution is 5.99. The van der Waals surface area contributed by atoms with Gasteiger partial charge in [-0.1, -0.05) is 0 Å². The number of amides is 1. The third-order valence-electron chi connectivity index (χ3n) is 5.06. The third kappa shape index (κ3) is 3.51. The van der Waals surface area contributed by atoms with Gasteiger partial charge in [-0.2, -0.15) is 0 Å². The molecule has 0 spiro atoms. The fourth-order valence-electron chi connectivity index (χ4n) is 3.49. The van der Waals surface area contributed by atoms with Crippen molar-refractivity contribution in [3.05, 3.63) is 40.1 Å². The summed E-state index contributed by atoms with van der Waals surface area (Å²) in [5.74, 6) is -0.121. The first kappa shape index (κ1) is 17.4. The number of non-ortho nitro benzene ring substituents is 1. The molecule has 2 aromatic rings. The Labute approximate surface area is 146 Å². The first-order chi connectivity index (χ1) is 11.9. The van der Waals surface area contributed by atoms with Crippen LogP contribution >= 0.6 is 0 Å². The molecule has 7 heteroatoms.